The number of aromatic amines is 1. The van der Waals surface area contributed by atoms with Crippen molar-refractivity contribution in [2.75, 3.05) is 0 Å². The quantitative estimate of drug-likeness (QED) is 0.546. The number of Topliss-reactive ketones (excluding diaryl/α,β-unsaturated/α-hetero) is 1. The van der Waals surface area contributed by atoms with Crippen LogP contribution in [0.4, 0.5) is 0 Å². The molecule has 0 aliphatic carbocycles. The zero-order chi connectivity index (χ0) is 20.0. The number of aromatic nitrogens is 5. The lowest BCUT2D eigenvalue weighted by Crippen LogP contribution is -2.21. The summed E-state index contributed by atoms with van der Waals surface area (Å²) in [7, 11) is 1.73. The molecule has 7 heteroatoms. The number of benzene rings is 1. The lowest BCUT2D eigenvalue weighted by molar-refractivity contribution is 0.0953. The van der Waals surface area contributed by atoms with Crippen molar-refractivity contribution in [3.05, 3.63) is 70.9 Å². The van der Waals surface area contributed by atoms with Crippen LogP contribution in [0, 0.1) is 5.92 Å². The van der Waals surface area contributed by atoms with Crippen LogP contribution in [0.25, 0.3) is 22.2 Å². The van der Waals surface area contributed by atoms with Gasteiger partial charge in [-0.15, -0.1) is 0 Å². The van der Waals surface area contributed by atoms with Gasteiger partial charge < -0.3 is 9.55 Å². The van der Waals surface area contributed by atoms with Crippen molar-refractivity contribution in [2.45, 2.75) is 25.8 Å². The summed E-state index contributed by atoms with van der Waals surface area (Å²) in [6, 6.07) is 7.65. The van der Waals surface area contributed by atoms with Gasteiger partial charge in [-0.05, 0) is 36.1 Å². The predicted octanol–water partition coefficient (Wildman–Crippen LogP) is 2.96. The zero-order valence-electron chi connectivity index (χ0n) is 16.1. The van der Waals surface area contributed by atoms with Crippen LogP contribution >= 0.6 is 0 Å². The molecule has 0 radical (unpaired) electrons. The highest BCUT2D eigenvalue weighted by Gasteiger charge is 2.22. The van der Waals surface area contributed by atoms with Crippen LogP contribution in [0.3, 0.4) is 0 Å². The third-order valence-electron chi connectivity index (χ3n) is 5.82. The molecule has 0 spiro atoms. The average Bonchev–Trinajstić information content (AvgIpc) is 3.32. The van der Waals surface area contributed by atoms with E-state index in [1.807, 2.05) is 36.7 Å². The third-order valence-corrected chi connectivity index (χ3v) is 5.82. The van der Waals surface area contributed by atoms with Crippen LogP contribution < -0.4 is 5.69 Å². The van der Waals surface area contributed by atoms with E-state index in [9.17, 15) is 9.59 Å². The van der Waals surface area contributed by atoms with E-state index < -0.39 is 0 Å². The van der Waals surface area contributed by atoms with Gasteiger partial charge in [-0.25, -0.2) is 9.78 Å². The van der Waals surface area contributed by atoms with Crippen LogP contribution in [0.5, 0.6) is 0 Å². The largest absolute Gasteiger partial charge is 0.335 e. The van der Waals surface area contributed by atoms with Gasteiger partial charge in [0.15, 0.2) is 5.78 Å². The van der Waals surface area contributed by atoms with Gasteiger partial charge in [0.1, 0.15) is 5.82 Å². The molecule has 3 aromatic heterocycles. The second-order valence-electron chi connectivity index (χ2n) is 7.71. The molecule has 146 valence electrons. The van der Waals surface area contributed by atoms with E-state index in [1.54, 1.807) is 24.0 Å². The molecule has 1 unspecified atom stereocenters. The minimum atomic E-state index is -0.146. The van der Waals surface area contributed by atoms with Crippen molar-refractivity contribution in [1.29, 1.82) is 0 Å². The smallest absolute Gasteiger partial charge is 0.326 e. The summed E-state index contributed by atoms with van der Waals surface area (Å²) in [5, 5.41) is 0. The van der Waals surface area contributed by atoms with Gasteiger partial charge in [0.2, 0.25) is 0 Å². The number of fused-ring (bicyclic) bond motifs is 2. The molecule has 5 rings (SSSR count). The highest BCUT2D eigenvalue weighted by Crippen LogP contribution is 2.26. The molecule has 29 heavy (non-hydrogen) atoms. The van der Waals surface area contributed by atoms with Crippen molar-refractivity contribution in [2.24, 2.45) is 13.0 Å². The minimum Gasteiger partial charge on any atom is -0.335 e. The Labute approximate surface area is 167 Å². The van der Waals surface area contributed by atoms with Crippen molar-refractivity contribution < 1.29 is 4.79 Å². The van der Waals surface area contributed by atoms with E-state index in [0.29, 0.717) is 17.9 Å². The van der Waals surface area contributed by atoms with E-state index in [2.05, 4.69) is 19.5 Å². The topological polar surface area (TPSA) is 85.6 Å². The lowest BCUT2D eigenvalue weighted by atomic mass is 9.90. The Hall–Kier alpha value is -3.48. The molecule has 0 fully saturated rings. The molecule has 4 aromatic rings. The Morgan fingerprint density at radius 3 is 3.03 bits per heavy atom. The number of pyridine rings is 1. The Balaban J connectivity index is 1.39. The molecule has 4 heterocycles. The van der Waals surface area contributed by atoms with Crippen LogP contribution in [-0.4, -0.2) is 29.9 Å². The van der Waals surface area contributed by atoms with Gasteiger partial charge in [-0.1, -0.05) is 6.07 Å². The molecule has 0 amide bonds. The molecule has 1 N–H and O–H groups in total. The number of carbonyl (C=O) groups excluding carboxylic acids is 1. The fraction of sp³-hybridized carbons (Fsp3) is 0.273. The number of nitrogens with one attached hydrogen (secondary N) is 1. The lowest BCUT2D eigenvalue weighted by Gasteiger charge is -2.22. The van der Waals surface area contributed by atoms with E-state index in [0.717, 1.165) is 47.4 Å². The molecular formula is C22H21N5O2. The summed E-state index contributed by atoms with van der Waals surface area (Å²) in [5.41, 5.74) is 3.88. The Kier molecular flexibility index (Phi) is 4.16. The highest BCUT2D eigenvalue weighted by atomic mass is 16.1. The normalized spacial score (nSPS) is 16.1. The molecular weight excluding hydrogens is 366 g/mol. The van der Waals surface area contributed by atoms with Gasteiger partial charge >= 0.3 is 5.69 Å². The molecule has 7 nitrogen and oxygen atoms in total. The van der Waals surface area contributed by atoms with Crippen molar-refractivity contribution in [3.8, 4) is 11.1 Å². The van der Waals surface area contributed by atoms with E-state index in [1.165, 1.54) is 0 Å². The summed E-state index contributed by atoms with van der Waals surface area (Å²) in [4.78, 5) is 36.2. The fourth-order valence-electron chi connectivity index (χ4n) is 4.12. The number of nitrogens with zero attached hydrogens (tertiary/aromatic N) is 4. The Bertz CT molecular complexity index is 1280. The van der Waals surface area contributed by atoms with Gasteiger partial charge in [-0.3, -0.25) is 14.3 Å². The molecule has 1 atom stereocenters. The molecule has 0 bridgehead atoms. The predicted molar refractivity (Wildman–Crippen MR) is 110 cm³/mol. The molecule has 0 saturated carbocycles. The number of carbonyl (C=O) groups is 1. The number of rotatable bonds is 4. The van der Waals surface area contributed by atoms with Crippen molar-refractivity contribution >= 4 is 16.8 Å². The Morgan fingerprint density at radius 1 is 1.24 bits per heavy atom. The summed E-state index contributed by atoms with van der Waals surface area (Å²) in [6.07, 6.45) is 9.54. The van der Waals surface area contributed by atoms with E-state index in [-0.39, 0.29) is 11.5 Å². The SMILES string of the molecule is Cn1c(=O)[nH]c2ccc(-c3cncc(C(=O)CC4CCn5ccnc5C4)c3)cc21. The second-order valence-corrected chi connectivity index (χ2v) is 7.71. The van der Waals surface area contributed by atoms with E-state index >= 15 is 0 Å². The zero-order valence-corrected chi connectivity index (χ0v) is 16.1. The first kappa shape index (κ1) is 17.6. The summed E-state index contributed by atoms with van der Waals surface area (Å²) < 4.78 is 3.74. The van der Waals surface area contributed by atoms with Crippen LogP contribution in [0.15, 0.2) is 53.8 Å². The number of imidazole rings is 2. The van der Waals surface area contributed by atoms with Gasteiger partial charge in [0.25, 0.3) is 0 Å². The maximum absolute atomic E-state index is 12.9. The second kappa shape index (κ2) is 6.84. The van der Waals surface area contributed by atoms with E-state index in [4.69, 9.17) is 0 Å². The first-order valence-corrected chi connectivity index (χ1v) is 9.76. The molecule has 1 aromatic carbocycles. The first-order valence-electron chi connectivity index (χ1n) is 9.76. The molecule has 1 aliphatic rings. The highest BCUT2D eigenvalue weighted by molar-refractivity contribution is 5.97. The van der Waals surface area contributed by atoms with Crippen LogP contribution in [-0.2, 0) is 20.0 Å². The van der Waals surface area contributed by atoms with Crippen LogP contribution in [0.1, 0.15) is 29.0 Å². The van der Waals surface area contributed by atoms with Crippen LogP contribution in [0.2, 0.25) is 0 Å². The number of aryl methyl sites for hydroxylation is 2. The maximum Gasteiger partial charge on any atom is 0.326 e. The number of H-pyrrole nitrogens is 1. The van der Waals surface area contributed by atoms with Gasteiger partial charge in [0, 0.05) is 62.3 Å². The Morgan fingerprint density at radius 2 is 2.14 bits per heavy atom. The van der Waals surface area contributed by atoms with Gasteiger partial charge in [-0.2, -0.15) is 0 Å². The number of hydrogen-bond acceptors (Lipinski definition) is 4. The number of ketones is 1. The van der Waals surface area contributed by atoms with Gasteiger partial charge in [0.05, 0.1) is 11.0 Å². The van der Waals surface area contributed by atoms with Crippen molar-refractivity contribution in [3.63, 3.8) is 0 Å². The molecule has 0 saturated heterocycles. The third kappa shape index (κ3) is 3.18. The monoisotopic (exact) mass is 387 g/mol. The summed E-state index contributed by atoms with van der Waals surface area (Å²) >= 11 is 0. The fourth-order valence-corrected chi connectivity index (χ4v) is 4.12. The first-order chi connectivity index (χ1) is 14.1. The standard InChI is InChI=1S/C22H21N5O2/c1-26-19-11-15(2-3-18(19)25-22(26)29)16-10-17(13-23-12-16)20(28)8-14-4-6-27-7-5-24-21(27)9-14/h2-3,5,7,10-14H,4,6,8-9H2,1H3,(H,25,29). The molecule has 1 aliphatic heterocycles. The van der Waals surface area contributed by atoms with Crippen molar-refractivity contribution in [1.82, 2.24) is 24.1 Å². The summed E-state index contributed by atoms with van der Waals surface area (Å²) in [5.74, 6) is 1.48. The maximum atomic E-state index is 12.9. The summed E-state index contributed by atoms with van der Waals surface area (Å²) in [6.45, 7) is 0.918. The number of hydrogen-bond donors (Lipinski definition) is 1. The average molecular weight is 387 g/mol. The minimum absolute atomic E-state index is 0.111.